The first-order valence-electron chi connectivity index (χ1n) is 0.894. The summed E-state index contributed by atoms with van der Waals surface area (Å²) in [5.74, 6) is 0. The molecule has 0 aromatic heterocycles. The first-order valence-corrected chi connectivity index (χ1v) is 2.68. The van der Waals surface area contributed by atoms with E-state index in [4.69, 9.17) is 19.2 Å². The molecule has 0 bridgehead atoms. The maximum atomic E-state index is 7.33. The van der Waals surface area contributed by atoms with E-state index >= 15 is 0 Å². The molecule has 0 amide bonds. The topological polar surface area (TPSA) is 80.9 Å². The van der Waals surface area contributed by atoms with Crippen molar-refractivity contribution in [2.24, 2.45) is 0 Å². The van der Waals surface area contributed by atoms with Crippen molar-refractivity contribution in [3.63, 3.8) is 0 Å². The van der Waals surface area contributed by atoms with Crippen molar-refractivity contribution in [1.82, 2.24) is 0 Å². The summed E-state index contributed by atoms with van der Waals surface area (Å²) in [4.78, 5) is 29.3. The minimum absolute atomic E-state index is 0. The molecule has 8 heteroatoms. The van der Waals surface area contributed by atoms with Crippen molar-refractivity contribution in [2.45, 2.75) is 0 Å². The molecule has 0 fully saturated rings. The van der Waals surface area contributed by atoms with Crippen molar-refractivity contribution in [2.75, 3.05) is 0 Å². The van der Waals surface area contributed by atoms with Gasteiger partial charge in [0.2, 0.25) is 0 Å². The number of rotatable bonds is 0. The Morgan fingerprint density at radius 2 is 0.875 bits per heavy atom. The van der Waals surface area contributed by atoms with Crippen molar-refractivity contribution >= 4 is 46.8 Å². The summed E-state index contributed by atoms with van der Waals surface area (Å²) in [5.41, 5.74) is 0. The van der Waals surface area contributed by atoms with E-state index in [1.165, 1.54) is 0 Å². The van der Waals surface area contributed by atoms with E-state index in [1.54, 1.807) is 0 Å². The minimum Gasteiger partial charge on any atom is 0 e. The van der Waals surface area contributed by atoms with Crippen LogP contribution in [0.4, 0.5) is 0 Å². The van der Waals surface area contributed by atoms with Gasteiger partial charge in [0.1, 0.15) is 0 Å². The molecule has 0 aliphatic carbocycles. The zero-order chi connectivity index (χ0) is 4.50. The molecule has 0 heterocycles. The maximum absolute atomic E-state index is 7.33. The molecule has 0 atom stereocenters. The molecule has 4 N–H and O–H groups in total. The molecular weight excluding hydrogens is 261 g/mol. The van der Waals surface area contributed by atoms with Gasteiger partial charge in [-0.3, -0.25) is 0 Å². The molecule has 1 radical (unpaired) electrons. The van der Waals surface area contributed by atoms with Crippen LogP contribution in [0.1, 0.15) is 0 Å². The molecule has 4 nitrogen and oxygen atoms in total. The van der Waals surface area contributed by atoms with Crippen LogP contribution in [0, 0.1) is 0 Å². The van der Waals surface area contributed by atoms with Crippen molar-refractivity contribution < 1.29 is 55.7 Å². The van der Waals surface area contributed by atoms with Gasteiger partial charge in [0.05, 0.1) is 0 Å². The van der Waals surface area contributed by atoms with Crippen LogP contribution in [0.3, 0.4) is 0 Å². The van der Waals surface area contributed by atoms with E-state index in [2.05, 4.69) is 0 Å². The van der Waals surface area contributed by atoms with Gasteiger partial charge in [-0.2, -0.15) is 0 Å². The number of hydrogen-bond donors (Lipinski definition) is 4. The molecule has 0 rings (SSSR count). The molecule has 49 valence electrons. The molecule has 0 aliphatic heterocycles. The summed E-state index contributed by atoms with van der Waals surface area (Å²) in [5, 5.41) is 0. The summed E-state index contributed by atoms with van der Waals surface area (Å²) in [6, 6.07) is 0. The van der Waals surface area contributed by atoms with Crippen LogP contribution in [0.15, 0.2) is 0 Å². The first kappa shape index (κ1) is 22.4. The monoisotopic (exact) mass is 265 g/mol. The third kappa shape index (κ3) is 77.8. The average Bonchev–Trinajstić information content (AvgIpc) is 0.722. The van der Waals surface area contributed by atoms with Gasteiger partial charge in [-0.15, -0.1) is 0 Å². The summed E-state index contributed by atoms with van der Waals surface area (Å²) in [6.07, 6.45) is 0. The van der Waals surface area contributed by atoms with E-state index in [0.717, 1.165) is 0 Å². The Morgan fingerprint density at radius 1 is 0.875 bits per heavy atom. The van der Waals surface area contributed by atoms with Crippen LogP contribution in [0.25, 0.3) is 0 Å². The van der Waals surface area contributed by atoms with Crippen molar-refractivity contribution in [3.05, 3.63) is 0 Å². The normalized spacial score (nSPS) is 7.50. The van der Waals surface area contributed by atoms with Crippen LogP contribution < -0.4 is 0 Å². The second kappa shape index (κ2) is 9.46. The van der Waals surface area contributed by atoms with Gasteiger partial charge in [-0.25, -0.2) is 0 Å². The van der Waals surface area contributed by atoms with Gasteiger partial charge in [0.15, 0.2) is 0 Å². The molecule has 0 aliphatic rings. The Labute approximate surface area is 101 Å². The van der Waals surface area contributed by atoms with Gasteiger partial charge in [-0.05, 0) is 0 Å². The van der Waals surface area contributed by atoms with Crippen LogP contribution in [0.2, 0.25) is 0 Å². The fraction of sp³-hybridized carbons (Fsp3) is 0. The van der Waals surface area contributed by atoms with Gasteiger partial charge < -0.3 is 19.2 Å². The Balaban J connectivity index is -0.0000000267. The summed E-state index contributed by atoms with van der Waals surface area (Å²) < 4.78 is 0. The Morgan fingerprint density at radius 3 is 0.875 bits per heavy atom. The van der Waals surface area contributed by atoms with E-state index in [1.807, 2.05) is 0 Å². The fourth-order valence-electron chi connectivity index (χ4n) is 0. The maximum Gasteiger partial charge on any atom is 0 e. The molecular formula is H6CaCuO4SiZn. The number of hydrogen-bond acceptors (Lipinski definition) is 4. The summed E-state index contributed by atoms with van der Waals surface area (Å²) >= 11 is 0. The van der Waals surface area contributed by atoms with Gasteiger partial charge in [0.25, 0.3) is 0 Å². The standard InChI is InChI=1S/Ca.Cu.H4O4Si.Zn.2H/c;;1-5(2,3)4;;;/h;;1-4H;;;. The fourth-order valence-corrected chi connectivity index (χ4v) is 0. The summed E-state index contributed by atoms with van der Waals surface area (Å²) in [6.45, 7) is 0. The summed E-state index contributed by atoms with van der Waals surface area (Å²) in [7, 11) is -4.61. The predicted molar refractivity (Wildman–Crippen MR) is 23.2 cm³/mol. The molecule has 0 aromatic rings. The van der Waals surface area contributed by atoms with E-state index in [9.17, 15) is 0 Å². The van der Waals surface area contributed by atoms with E-state index in [-0.39, 0.29) is 74.3 Å². The minimum atomic E-state index is -4.61. The van der Waals surface area contributed by atoms with E-state index < -0.39 is 9.05 Å². The largest absolute Gasteiger partial charge is 0 e. The van der Waals surface area contributed by atoms with Crippen LogP contribution in [-0.4, -0.2) is 66.0 Å². The second-order valence-electron chi connectivity index (χ2n) is 0.600. The Kier molecular flexibility index (Phi) is 26.5. The van der Waals surface area contributed by atoms with E-state index in [0.29, 0.717) is 0 Å². The average molecular weight is 267 g/mol. The van der Waals surface area contributed by atoms with Gasteiger partial charge in [0, 0.05) is 36.5 Å². The zero-order valence-electron chi connectivity index (χ0n) is 3.30. The third-order valence-corrected chi connectivity index (χ3v) is 0. The van der Waals surface area contributed by atoms with Crippen LogP contribution in [-0.2, 0) is 36.5 Å². The molecule has 0 unspecified atom stereocenters. The Bertz CT molecular complexity index is 31.5. The first-order chi connectivity index (χ1) is 2.00. The van der Waals surface area contributed by atoms with Crippen LogP contribution in [0.5, 0.6) is 0 Å². The SMILES string of the molecule is O[Si](O)(O)O.[CaH2].[Cu].[Zn]. The quantitative estimate of drug-likeness (QED) is 0.343. The van der Waals surface area contributed by atoms with Crippen molar-refractivity contribution in [3.8, 4) is 0 Å². The molecule has 0 saturated heterocycles. The van der Waals surface area contributed by atoms with Crippen LogP contribution >= 0.6 is 0 Å². The predicted octanol–water partition coefficient (Wildman–Crippen LogP) is -3.53. The Hall–Kier alpha value is 2.46. The van der Waals surface area contributed by atoms with Crippen molar-refractivity contribution in [1.29, 1.82) is 0 Å². The molecule has 0 spiro atoms. The third-order valence-electron chi connectivity index (χ3n) is 0. The van der Waals surface area contributed by atoms with Gasteiger partial charge >= 0.3 is 46.8 Å². The molecule has 0 saturated carbocycles. The zero-order valence-corrected chi connectivity index (χ0v) is 8.21. The smallest absolute Gasteiger partial charge is 0 e. The second-order valence-corrected chi connectivity index (χ2v) is 1.80. The molecule has 8 heavy (non-hydrogen) atoms. The molecule has 0 aromatic carbocycles. The van der Waals surface area contributed by atoms with Gasteiger partial charge in [-0.1, -0.05) is 0 Å².